The number of hydrogen-bond acceptors (Lipinski definition) is 5. The van der Waals surface area contributed by atoms with Crippen LogP contribution in [0.2, 0.25) is 0 Å². The maximum Gasteiger partial charge on any atom is 0.177 e. The van der Waals surface area contributed by atoms with E-state index in [-0.39, 0.29) is 6.10 Å². The zero-order valence-corrected chi connectivity index (χ0v) is 16.2. The molecule has 27 heavy (non-hydrogen) atoms. The first-order valence-electron chi connectivity index (χ1n) is 9.45. The zero-order valence-electron chi connectivity index (χ0n) is 15.5. The minimum atomic E-state index is -0.0644. The van der Waals surface area contributed by atoms with E-state index in [4.69, 9.17) is 21.2 Å². The molecule has 5 nitrogen and oxygen atoms in total. The van der Waals surface area contributed by atoms with Crippen LogP contribution in [-0.4, -0.2) is 47.4 Å². The third kappa shape index (κ3) is 6.94. The maximum atomic E-state index is 6.19. The zero-order chi connectivity index (χ0) is 18.7. The maximum absolute atomic E-state index is 6.19. The van der Waals surface area contributed by atoms with Crippen molar-refractivity contribution in [2.24, 2.45) is 5.16 Å². The molecule has 0 radical (unpaired) electrons. The number of ether oxygens (including phenoxy) is 1. The Kier molecular flexibility index (Phi) is 8.08. The van der Waals surface area contributed by atoms with Gasteiger partial charge in [0, 0.05) is 24.5 Å². The van der Waals surface area contributed by atoms with Gasteiger partial charge in [0.05, 0.1) is 6.61 Å². The molecule has 0 bridgehead atoms. The Morgan fingerprint density at radius 3 is 2.67 bits per heavy atom. The number of pyridine rings is 1. The van der Waals surface area contributed by atoms with Crippen LogP contribution < -0.4 is 0 Å². The standard InChI is InChI=1S/C21H26ClN3O2/c22-21(19-10-7-11-23-14-19)24-27-17-20(15-25-12-5-2-6-13-25)26-16-18-8-3-1-4-9-18/h1,3-4,7-11,14,20H,2,5-6,12-13,15-17H2/b24-21-. The quantitative estimate of drug-likeness (QED) is 0.480. The van der Waals surface area contributed by atoms with Crippen molar-refractivity contribution < 1.29 is 9.57 Å². The molecule has 2 heterocycles. The van der Waals surface area contributed by atoms with Gasteiger partial charge in [-0.05, 0) is 43.6 Å². The molecule has 1 aliphatic heterocycles. The number of likely N-dealkylation sites (tertiary alicyclic amines) is 1. The Bertz CT molecular complexity index is 691. The van der Waals surface area contributed by atoms with Crippen LogP contribution in [-0.2, 0) is 16.2 Å². The second-order valence-corrected chi connectivity index (χ2v) is 7.06. The highest BCUT2D eigenvalue weighted by atomic mass is 35.5. The number of halogens is 1. The van der Waals surface area contributed by atoms with Crippen LogP contribution in [0.3, 0.4) is 0 Å². The van der Waals surface area contributed by atoms with E-state index in [9.17, 15) is 0 Å². The fourth-order valence-corrected chi connectivity index (χ4v) is 3.25. The lowest BCUT2D eigenvalue weighted by molar-refractivity contribution is -0.0411. The molecule has 1 aromatic carbocycles. The van der Waals surface area contributed by atoms with Gasteiger partial charge in [-0.1, -0.05) is 53.5 Å². The largest absolute Gasteiger partial charge is 0.392 e. The third-order valence-corrected chi connectivity index (χ3v) is 4.83. The van der Waals surface area contributed by atoms with Crippen molar-refractivity contribution in [2.45, 2.75) is 32.0 Å². The molecular formula is C21H26ClN3O2. The van der Waals surface area contributed by atoms with Crippen LogP contribution in [0.25, 0.3) is 0 Å². The number of aromatic nitrogens is 1. The molecule has 0 spiro atoms. The van der Waals surface area contributed by atoms with Gasteiger partial charge in [-0.2, -0.15) is 0 Å². The average Bonchev–Trinajstić information content (AvgIpc) is 2.74. The van der Waals surface area contributed by atoms with Crippen LogP contribution in [0.15, 0.2) is 60.0 Å². The topological polar surface area (TPSA) is 47.0 Å². The van der Waals surface area contributed by atoms with Crippen LogP contribution >= 0.6 is 11.6 Å². The lowest BCUT2D eigenvalue weighted by Gasteiger charge is -2.30. The molecule has 0 amide bonds. The number of piperidine rings is 1. The van der Waals surface area contributed by atoms with Crippen molar-refractivity contribution in [2.75, 3.05) is 26.2 Å². The molecule has 1 fully saturated rings. The molecule has 1 saturated heterocycles. The first-order chi connectivity index (χ1) is 13.3. The van der Waals surface area contributed by atoms with Gasteiger partial charge in [0.25, 0.3) is 0 Å². The predicted molar refractivity (Wildman–Crippen MR) is 108 cm³/mol. The monoisotopic (exact) mass is 387 g/mol. The minimum Gasteiger partial charge on any atom is -0.392 e. The third-order valence-electron chi connectivity index (χ3n) is 4.54. The molecule has 3 rings (SSSR count). The molecule has 0 saturated carbocycles. The van der Waals surface area contributed by atoms with E-state index in [1.54, 1.807) is 12.4 Å². The van der Waals surface area contributed by atoms with Crippen molar-refractivity contribution in [1.82, 2.24) is 9.88 Å². The second-order valence-electron chi connectivity index (χ2n) is 6.70. The summed E-state index contributed by atoms with van der Waals surface area (Å²) in [6, 6.07) is 13.8. The molecule has 144 valence electrons. The number of hydrogen-bond donors (Lipinski definition) is 0. The van der Waals surface area contributed by atoms with Gasteiger partial charge in [0.15, 0.2) is 5.17 Å². The smallest absolute Gasteiger partial charge is 0.177 e. The van der Waals surface area contributed by atoms with Crippen molar-refractivity contribution in [3.05, 3.63) is 66.0 Å². The summed E-state index contributed by atoms with van der Waals surface area (Å²) in [5.74, 6) is 0. The molecular weight excluding hydrogens is 362 g/mol. The summed E-state index contributed by atoms with van der Waals surface area (Å²) < 4.78 is 6.13. The average molecular weight is 388 g/mol. The van der Waals surface area contributed by atoms with Crippen LogP contribution in [0, 0.1) is 0 Å². The van der Waals surface area contributed by atoms with E-state index in [1.165, 1.54) is 19.3 Å². The lowest BCUT2D eigenvalue weighted by Crippen LogP contribution is -2.39. The van der Waals surface area contributed by atoms with E-state index in [0.717, 1.165) is 30.8 Å². The van der Waals surface area contributed by atoms with Gasteiger partial charge in [-0.15, -0.1) is 0 Å². The van der Waals surface area contributed by atoms with Crippen molar-refractivity contribution in [3.8, 4) is 0 Å². The lowest BCUT2D eigenvalue weighted by atomic mass is 10.1. The Hall–Kier alpha value is -1.95. The summed E-state index contributed by atoms with van der Waals surface area (Å²) in [4.78, 5) is 12.0. The van der Waals surface area contributed by atoms with Crippen LogP contribution in [0.1, 0.15) is 30.4 Å². The highest BCUT2D eigenvalue weighted by molar-refractivity contribution is 6.69. The Morgan fingerprint density at radius 2 is 1.93 bits per heavy atom. The van der Waals surface area contributed by atoms with Crippen LogP contribution in [0.5, 0.6) is 0 Å². The van der Waals surface area contributed by atoms with Gasteiger partial charge in [0.1, 0.15) is 12.7 Å². The fourth-order valence-electron chi connectivity index (χ4n) is 3.09. The molecule has 0 N–H and O–H groups in total. The SMILES string of the molecule is Cl/C(=N\OCC(CN1CCCCC1)OCc1ccccc1)c1cccnc1. The first kappa shape index (κ1) is 19.8. The van der Waals surface area contributed by atoms with Crippen molar-refractivity contribution in [3.63, 3.8) is 0 Å². The van der Waals surface area contributed by atoms with E-state index in [1.807, 2.05) is 30.3 Å². The molecule has 2 aromatic rings. The minimum absolute atomic E-state index is 0.0644. The predicted octanol–water partition coefficient (Wildman–Crippen LogP) is 4.07. The Balaban J connectivity index is 1.54. The number of rotatable bonds is 9. The van der Waals surface area contributed by atoms with Gasteiger partial charge in [0.2, 0.25) is 0 Å². The van der Waals surface area contributed by atoms with Gasteiger partial charge in [-0.3, -0.25) is 4.98 Å². The van der Waals surface area contributed by atoms with Gasteiger partial charge in [-0.25, -0.2) is 0 Å². The normalized spacial score (nSPS) is 16.9. The van der Waals surface area contributed by atoms with E-state index in [2.05, 4.69) is 27.2 Å². The van der Waals surface area contributed by atoms with Crippen molar-refractivity contribution in [1.29, 1.82) is 0 Å². The van der Waals surface area contributed by atoms with E-state index in [0.29, 0.717) is 18.4 Å². The number of benzene rings is 1. The molecule has 1 unspecified atom stereocenters. The summed E-state index contributed by atoms with van der Waals surface area (Å²) in [6.45, 7) is 3.99. The molecule has 1 aliphatic rings. The Labute approximate surface area is 165 Å². The first-order valence-corrected chi connectivity index (χ1v) is 9.83. The molecule has 1 atom stereocenters. The summed E-state index contributed by atoms with van der Waals surface area (Å²) in [5.41, 5.74) is 1.88. The molecule has 0 aliphatic carbocycles. The number of nitrogens with zero attached hydrogens (tertiary/aromatic N) is 3. The van der Waals surface area contributed by atoms with Gasteiger partial charge < -0.3 is 14.5 Å². The highest BCUT2D eigenvalue weighted by Crippen LogP contribution is 2.12. The van der Waals surface area contributed by atoms with Gasteiger partial charge >= 0.3 is 0 Å². The summed E-state index contributed by atoms with van der Waals surface area (Å²) in [5, 5.41) is 4.32. The van der Waals surface area contributed by atoms with Crippen LogP contribution in [0.4, 0.5) is 0 Å². The summed E-state index contributed by atoms with van der Waals surface area (Å²) in [7, 11) is 0. The summed E-state index contributed by atoms with van der Waals surface area (Å²) in [6.07, 6.45) is 7.10. The fraction of sp³-hybridized carbons (Fsp3) is 0.429. The summed E-state index contributed by atoms with van der Waals surface area (Å²) >= 11 is 6.19. The molecule has 6 heteroatoms. The molecule has 1 aromatic heterocycles. The highest BCUT2D eigenvalue weighted by Gasteiger charge is 2.18. The number of oxime groups is 1. The Morgan fingerprint density at radius 1 is 1.11 bits per heavy atom. The van der Waals surface area contributed by atoms with Crippen molar-refractivity contribution >= 4 is 16.8 Å². The van der Waals surface area contributed by atoms with E-state index < -0.39 is 0 Å². The second kappa shape index (κ2) is 11.0. The van der Waals surface area contributed by atoms with E-state index >= 15 is 0 Å².